The molecule has 272 valence electrons. The molecule has 0 spiro atoms. The Hall–Kier alpha value is -3.02. The highest BCUT2D eigenvalue weighted by molar-refractivity contribution is 7.99. The number of ether oxygens (including phenoxy) is 4. The normalized spacial score (nSPS) is 17.6. The zero-order chi connectivity index (χ0) is 35.5. The fourth-order valence-corrected chi connectivity index (χ4v) is 6.32. The molecule has 2 heterocycles. The predicted molar refractivity (Wildman–Crippen MR) is 186 cm³/mol. The molecule has 2 aliphatic rings. The Morgan fingerprint density at radius 1 is 1.02 bits per heavy atom. The third-order valence-electron chi connectivity index (χ3n) is 8.44. The van der Waals surface area contributed by atoms with E-state index in [9.17, 15) is 25.2 Å². The molecule has 1 saturated heterocycles. The average molecular weight is 734 g/mol. The first kappa shape index (κ1) is 38.2. The second kappa shape index (κ2) is 18.5. The molecule has 4 unspecified atom stereocenters. The van der Waals surface area contributed by atoms with Crippen molar-refractivity contribution >= 4 is 29.4 Å². The lowest BCUT2D eigenvalue weighted by atomic mass is 9.96. The fraction of sp³-hybridized carbons (Fsp3) is 0.486. The van der Waals surface area contributed by atoms with Gasteiger partial charge >= 0.3 is 6.03 Å². The summed E-state index contributed by atoms with van der Waals surface area (Å²) in [6, 6.07) is 15.3. The molecular formula is C35H44ClN3O10S. The minimum atomic E-state index is -1.76. The van der Waals surface area contributed by atoms with Gasteiger partial charge in [-0.2, -0.15) is 0 Å². The SMILES string of the molecule is O=C(NCCOCCSc1ccc(Cl)c(COC2(c3cnccc3-c3ccccc3OC3COC3)CC2)c1)NCC(O)C(O)C(O)C(O)CO. The zero-order valence-electron chi connectivity index (χ0n) is 27.4. The number of hydrogen-bond donors (Lipinski definition) is 7. The monoisotopic (exact) mass is 733 g/mol. The molecule has 0 bridgehead atoms. The molecular weight excluding hydrogens is 690 g/mol. The molecule has 1 saturated carbocycles. The summed E-state index contributed by atoms with van der Waals surface area (Å²) in [4.78, 5) is 17.4. The van der Waals surface area contributed by atoms with Crippen molar-refractivity contribution in [2.24, 2.45) is 0 Å². The van der Waals surface area contributed by atoms with Crippen LogP contribution in [0.3, 0.4) is 0 Å². The van der Waals surface area contributed by atoms with Gasteiger partial charge in [-0.3, -0.25) is 4.98 Å². The maximum atomic E-state index is 11.9. The van der Waals surface area contributed by atoms with Crippen LogP contribution in [0.5, 0.6) is 5.75 Å². The van der Waals surface area contributed by atoms with Crippen LogP contribution in [0.2, 0.25) is 5.02 Å². The summed E-state index contributed by atoms with van der Waals surface area (Å²) in [5.74, 6) is 1.48. The molecule has 1 aromatic heterocycles. The Morgan fingerprint density at radius 3 is 2.54 bits per heavy atom. The first-order valence-electron chi connectivity index (χ1n) is 16.5. The quantitative estimate of drug-likeness (QED) is 0.0663. The van der Waals surface area contributed by atoms with Crippen molar-refractivity contribution < 1.29 is 49.3 Å². The smallest absolute Gasteiger partial charge is 0.314 e. The maximum absolute atomic E-state index is 11.9. The van der Waals surface area contributed by atoms with Crippen molar-refractivity contribution in [2.75, 3.05) is 51.9 Å². The lowest BCUT2D eigenvalue weighted by Crippen LogP contribution is -2.50. The molecule has 1 aliphatic heterocycles. The standard InChI is InChI=1S/C35H44ClN3O10S/c36-28-6-5-24(50-14-13-46-12-11-38-34(45)39-17-29(41)32(43)33(44)30(42)18-40)15-22(28)19-48-35(8-9-35)27-16-37-10-7-25(27)26-3-1-2-4-31(26)49-23-20-47-21-23/h1-7,10,15-16,23,29-30,32-33,40-44H,8-9,11-14,17-21H2,(H2,38,39,45). The summed E-state index contributed by atoms with van der Waals surface area (Å²) in [6.45, 7) is 1.25. The second-order valence-corrected chi connectivity index (χ2v) is 13.7. The van der Waals surface area contributed by atoms with Crippen LogP contribution in [0.1, 0.15) is 24.0 Å². The van der Waals surface area contributed by atoms with Crippen LogP contribution in [0.15, 0.2) is 65.8 Å². The molecule has 50 heavy (non-hydrogen) atoms. The van der Waals surface area contributed by atoms with Gasteiger partial charge in [0.2, 0.25) is 0 Å². The summed E-state index contributed by atoms with van der Waals surface area (Å²) >= 11 is 8.20. The largest absolute Gasteiger partial charge is 0.485 e. The number of carbonyl (C=O) groups is 1. The van der Waals surface area contributed by atoms with Gasteiger partial charge in [0, 0.05) is 52.3 Å². The van der Waals surface area contributed by atoms with Crippen LogP contribution in [-0.4, -0.2) is 119 Å². The Kier molecular flexibility index (Phi) is 14.1. The molecule has 15 heteroatoms. The van der Waals surface area contributed by atoms with Crippen LogP contribution in [0.4, 0.5) is 4.79 Å². The number of urea groups is 1. The van der Waals surface area contributed by atoms with Gasteiger partial charge in [-0.05, 0) is 54.3 Å². The van der Waals surface area contributed by atoms with E-state index >= 15 is 0 Å². The van der Waals surface area contributed by atoms with Crippen molar-refractivity contribution in [2.45, 2.75) is 60.5 Å². The van der Waals surface area contributed by atoms with E-state index in [4.69, 9.17) is 35.7 Å². The number of rotatable bonds is 20. The Labute approximate surface area is 299 Å². The number of aliphatic hydroxyl groups excluding tert-OH is 5. The highest BCUT2D eigenvalue weighted by atomic mass is 35.5. The van der Waals surface area contributed by atoms with Gasteiger partial charge < -0.3 is 55.1 Å². The highest BCUT2D eigenvalue weighted by Gasteiger charge is 2.48. The van der Waals surface area contributed by atoms with Crippen LogP contribution < -0.4 is 15.4 Å². The fourth-order valence-electron chi connectivity index (χ4n) is 5.32. The van der Waals surface area contributed by atoms with E-state index in [2.05, 4.69) is 21.7 Å². The van der Waals surface area contributed by atoms with Crippen molar-refractivity contribution in [1.82, 2.24) is 15.6 Å². The maximum Gasteiger partial charge on any atom is 0.314 e. The van der Waals surface area contributed by atoms with Crippen molar-refractivity contribution in [3.63, 3.8) is 0 Å². The van der Waals surface area contributed by atoms with Gasteiger partial charge in [0.1, 0.15) is 30.2 Å². The molecule has 4 atom stereocenters. The number of thioether (sulfide) groups is 1. The van der Waals surface area contributed by atoms with E-state index in [1.54, 1.807) is 18.0 Å². The van der Waals surface area contributed by atoms with Crippen molar-refractivity contribution in [3.8, 4) is 16.9 Å². The van der Waals surface area contributed by atoms with E-state index in [-0.39, 0.29) is 25.8 Å². The third kappa shape index (κ3) is 10.3. The van der Waals surface area contributed by atoms with E-state index in [1.165, 1.54) is 0 Å². The van der Waals surface area contributed by atoms with Crippen LogP contribution in [0.25, 0.3) is 11.1 Å². The van der Waals surface area contributed by atoms with Gasteiger partial charge in [0.05, 0.1) is 51.3 Å². The van der Waals surface area contributed by atoms with Crippen molar-refractivity contribution in [3.05, 3.63) is 77.1 Å². The summed E-state index contributed by atoms with van der Waals surface area (Å²) in [5, 5.41) is 53.1. The molecule has 2 fully saturated rings. The van der Waals surface area contributed by atoms with E-state index in [0.29, 0.717) is 37.2 Å². The lowest BCUT2D eigenvalue weighted by molar-refractivity contribution is -0.113. The van der Waals surface area contributed by atoms with Crippen LogP contribution in [-0.2, 0) is 26.4 Å². The first-order chi connectivity index (χ1) is 24.2. The number of halogens is 1. The number of aromatic nitrogens is 1. The van der Waals surface area contributed by atoms with Gasteiger partial charge in [-0.1, -0.05) is 29.8 Å². The minimum absolute atomic E-state index is 0.0516. The number of para-hydroxylation sites is 1. The number of amides is 2. The molecule has 5 rings (SSSR count). The van der Waals surface area contributed by atoms with Crippen LogP contribution >= 0.6 is 23.4 Å². The Bertz CT molecular complexity index is 1550. The summed E-state index contributed by atoms with van der Waals surface area (Å²) in [6.07, 6.45) is -1.20. The van der Waals surface area contributed by atoms with Gasteiger partial charge in [-0.25, -0.2) is 4.79 Å². The number of benzene rings is 2. The summed E-state index contributed by atoms with van der Waals surface area (Å²) in [7, 11) is 0. The number of carbonyl (C=O) groups excluding carboxylic acids is 1. The second-order valence-electron chi connectivity index (χ2n) is 12.1. The molecule has 13 nitrogen and oxygen atoms in total. The van der Waals surface area contributed by atoms with Gasteiger partial charge in [0.15, 0.2) is 0 Å². The topological polar surface area (TPSA) is 192 Å². The summed E-state index contributed by atoms with van der Waals surface area (Å²) in [5.41, 5.74) is 3.48. The highest BCUT2D eigenvalue weighted by Crippen LogP contribution is 2.53. The van der Waals surface area contributed by atoms with Gasteiger partial charge in [-0.15, -0.1) is 11.8 Å². The van der Waals surface area contributed by atoms with E-state index in [0.717, 1.165) is 45.7 Å². The Balaban J connectivity index is 1.04. The predicted octanol–water partition coefficient (Wildman–Crippen LogP) is 2.23. The van der Waals surface area contributed by atoms with Crippen molar-refractivity contribution in [1.29, 1.82) is 0 Å². The lowest BCUT2D eigenvalue weighted by Gasteiger charge is -2.28. The Morgan fingerprint density at radius 2 is 1.80 bits per heavy atom. The molecule has 2 amide bonds. The van der Waals surface area contributed by atoms with Gasteiger partial charge in [0.25, 0.3) is 0 Å². The number of pyridine rings is 1. The van der Waals surface area contributed by atoms with Crippen LogP contribution in [0, 0.1) is 0 Å². The molecule has 3 aromatic rings. The minimum Gasteiger partial charge on any atom is -0.485 e. The zero-order valence-corrected chi connectivity index (χ0v) is 29.0. The number of nitrogens with one attached hydrogen (secondary N) is 2. The molecule has 7 N–H and O–H groups in total. The third-order valence-corrected chi connectivity index (χ3v) is 9.77. The average Bonchev–Trinajstić information content (AvgIpc) is 3.91. The first-order valence-corrected chi connectivity index (χ1v) is 17.8. The number of hydrogen-bond acceptors (Lipinski definition) is 12. The summed E-state index contributed by atoms with van der Waals surface area (Å²) < 4.78 is 23.7. The molecule has 0 radical (unpaired) electrons. The molecule has 2 aromatic carbocycles. The number of nitrogens with zero attached hydrogens (tertiary/aromatic N) is 1. The van der Waals surface area contributed by atoms with E-state index in [1.807, 2.05) is 48.7 Å². The molecule has 1 aliphatic carbocycles. The van der Waals surface area contributed by atoms with E-state index < -0.39 is 42.7 Å². The number of aliphatic hydroxyl groups is 5.